The Bertz CT molecular complexity index is 1380. The maximum atomic E-state index is 13.3. The van der Waals surface area contributed by atoms with E-state index >= 15 is 0 Å². The van der Waals surface area contributed by atoms with Crippen LogP contribution in [0.5, 0.6) is 5.75 Å². The maximum Gasteiger partial charge on any atom is 0.322 e. The summed E-state index contributed by atoms with van der Waals surface area (Å²) >= 11 is 0. The van der Waals surface area contributed by atoms with E-state index in [9.17, 15) is 4.79 Å². The van der Waals surface area contributed by atoms with E-state index in [4.69, 9.17) is 14.2 Å². The first-order valence-corrected chi connectivity index (χ1v) is 11.4. The highest BCUT2D eigenvalue weighted by Crippen LogP contribution is 2.38. The lowest BCUT2D eigenvalue weighted by Gasteiger charge is -2.35. The molecule has 1 atom stereocenters. The summed E-state index contributed by atoms with van der Waals surface area (Å²) in [6.45, 7) is 4.33. The smallest absolute Gasteiger partial charge is 0.322 e. The van der Waals surface area contributed by atoms with Gasteiger partial charge in [-0.2, -0.15) is 4.98 Å². The van der Waals surface area contributed by atoms with Crippen molar-refractivity contribution in [2.24, 2.45) is 0 Å². The fourth-order valence-electron chi connectivity index (χ4n) is 4.25. The molecule has 1 aromatic heterocycles. The molecule has 1 aliphatic heterocycles. The van der Waals surface area contributed by atoms with Crippen molar-refractivity contribution in [3.8, 4) is 17.1 Å². The number of ether oxygens (including phenoxy) is 1. The molecule has 0 spiro atoms. The van der Waals surface area contributed by atoms with Crippen molar-refractivity contribution in [2.45, 2.75) is 26.4 Å². The van der Waals surface area contributed by atoms with Gasteiger partial charge in [-0.3, -0.25) is 4.90 Å². The minimum atomic E-state index is -0.422. The molecule has 2 amide bonds. The van der Waals surface area contributed by atoms with Crippen molar-refractivity contribution in [3.05, 3.63) is 107 Å². The lowest BCUT2D eigenvalue weighted by atomic mass is 9.94. The van der Waals surface area contributed by atoms with Gasteiger partial charge in [-0.15, -0.1) is 0 Å². The van der Waals surface area contributed by atoms with E-state index in [0.29, 0.717) is 18.3 Å². The molecule has 7 nitrogen and oxygen atoms in total. The number of carbonyl (C=O) groups excluding carboxylic acids is 1. The van der Waals surface area contributed by atoms with Crippen LogP contribution >= 0.6 is 0 Å². The van der Waals surface area contributed by atoms with Crippen molar-refractivity contribution < 1.29 is 14.1 Å². The summed E-state index contributed by atoms with van der Waals surface area (Å²) in [5.74, 6) is 1.62. The Morgan fingerprint density at radius 3 is 2.51 bits per heavy atom. The Labute approximate surface area is 204 Å². The second kappa shape index (κ2) is 9.46. The van der Waals surface area contributed by atoms with E-state index in [1.54, 1.807) is 12.0 Å². The van der Waals surface area contributed by atoms with Crippen LogP contribution in [0.2, 0.25) is 0 Å². The van der Waals surface area contributed by atoms with Crippen LogP contribution in [-0.4, -0.2) is 28.2 Å². The number of carbonyl (C=O) groups is 1. The number of benzene rings is 3. The molecule has 0 saturated carbocycles. The molecule has 4 aromatic rings. The number of allylic oxidation sites excluding steroid dienone is 1. The van der Waals surface area contributed by atoms with Crippen LogP contribution in [0.15, 0.2) is 89.1 Å². The average molecular weight is 467 g/mol. The molecule has 176 valence electrons. The van der Waals surface area contributed by atoms with E-state index in [-0.39, 0.29) is 6.03 Å². The summed E-state index contributed by atoms with van der Waals surface area (Å²) in [6.07, 6.45) is 0. The molecule has 1 unspecified atom stereocenters. The molecule has 3 aromatic carbocycles. The number of rotatable bonds is 6. The van der Waals surface area contributed by atoms with E-state index in [1.807, 2.05) is 92.7 Å². The molecule has 1 N–H and O–H groups in total. The quantitative estimate of drug-likeness (QED) is 0.391. The lowest BCUT2D eigenvalue weighted by molar-refractivity contribution is 0.203. The van der Waals surface area contributed by atoms with Crippen LogP contribution in [0, 0.1) is 6.92 Å². The molecule has 0 fully saturated rings. The fraction of sp³-hybridized carbons (Fsp3) is 0.179. The third kappa shape index (κ3) is 4.53. The highest BCUT2D eigenvalue weighted by atomic mass is 16.5. The number of urea groups is 1. The standard InChI is InChI=1S/C28H26N4O3/c1-18-12-14-21(15-13-18)25-24(27-30-26(31-35-27)22-9-5-4-6-10-22)19(2)32(28(33)29-25)17-20-8-7-11-23(16-20)34-3/h4-16,25H,17H2,1-3H3,(H,29,33). The van der Waals surface area contributed by atoms with Crippen LogP contribution in [-0.2, 0) is 6.54 Å². The highest BCUT2D eigenvalue weighted by Gasteiger charge is 2.35. The Morgan fingerprint density at radius 2 is 1.77 bits per heavy atom. The Balaban J connectivity index is 1.59. The van der Waals surface area contributed by atoms with Gasteiger partial charge in [-0.05, 0) is 37.1 Å². The zero-order chi connectivity index (χ0) is 24.4. The predicted molar refractivity (Wildman–Crippen MR) is 133 cm³/mol. The van der Waals surface area contributed by atoms with Gasteiger partial charge in [0.05, 0.1) is 25.3 Å². The SMILES string of the molecule is COc1cccc(CN2C(=O)NC(c3ccc(C)cc3)C(c3nc(-c4ccccc4)no3)=C2C)c1. The monoisotopic (exact) mass is 466 g/mol. The molecule has 0 bridgehead atoms. The summed E-state index contributed by atoms with van der Waals surface area (Å²) in [4.78, 5) is 19.7. The summed E-state index contributed by atoms with van der Waals surface area (Å²) < 4.78 is 11.1. The van der Waals surface area contributed by atoms with Gasteiger partial charge in [0.15, 0.2) is 0 Å². The van der Waals surface area contributed by atoms with Gasteiger partial charge in [-0.1, -0.05) is 77.5 Å². The van der Waals surface area contributed by atoms with E-state index in [0.717, 1.165) is 39.3 Å². The first-order valence-electron chi connectivity index (χ1n) is 11.4. The molecule has 2 heterocycles. The van der Waals surface area contributed by atoms with Gasteiger partial charge in [0.1, 0.15) is 5.75 Å². The second-order valence-corrected chi connectivity index (χ2v) is 8.52. The molecule has 0 saturated heterocycles. The molecule has 1 aliphatic rings. The van der Waals surface area contributed by atoms with Gasteiger partial charge < -0.3 is 14.6 Å². The number of aryl methyl sites for hydroxylation is 1. The number of hydrogen-bond donors (Lipinski definition) is 1. The van der Waals surface area contributed by atoms with Gasteiger partial charge >= 0.3 is 6.03 Å². The first-order chi connectivity index (χ1) is 17.0. The molecular weight excluding hydrogens is 440 g/mol. The largest absolute Gasteiger partial charge is 0.497 e. The van der Waals surface area contributed by atoms with Crippen LogP contribution in [0.3, 0.4) is 0 Å². The van der Waals surface area contributed by atoms with Crippen molar-refractivity contribution >= 4 is 11.6 Å². The Kier molecular flexibility index (Phi) is 6.06. The van der Waals surface area contributed by atoms with E-state index < -0.39 is 6.04 Å². The van der Waals surface area contributed by atoms with Gasteiger partial charge in [0.25, 0.3) is 5.89 Å². The molecule has 7 heteroatoms. The van der Waals surface area contributed by atoms with Gasteiger partial charge in [0, 0.05) is 11.3 Å². The number of hydrogen-bond acceptors (Lipinski definition) is 5. The Morgan fingerprint density at radius 1 is 1.00 bits per heavy atom. The topological polar surface area (TPSA) is 80.5 Å². The summed E-state index contributed by atoms with van der Waals surface area (Å²) in [7, 11) is 1.63. The van der Waals surface area contributed by atoms with Crippen molar-refractivity contribution in [1.82, 2.24) is 20.4 Å². The average Bonchev–Trinajstić information content (AvgIpc) is 3.37. The highest BCUT2D eigenvalue weighted by molar-refractivity contribution is 5.86. The zero-order valence-corrected chi connectivity index (χ0v) is 19.9. The van der Waals surface area contributed by atoms with Crippen LogP contribution in [0.4, 0.5) is 4.79 Å². The first kappa shape index (κ1) is 22.4. The van der Waals surface area contributed by atoms with Crippen LogP contribution in [0.25, 0.3) is 17.0 Å². The molecular formula is C28H26N4O3. The van der Waals surface area contributed by atoms with Crippen molar-refractivity contribution in [3.63, 3.8) is 0 Å². The van der Waals surface area contributed by atoms with Crippen LogP contribution in [0.1, 0.15) is 35.5 Å². The normalized spacial score (nSPS) is 15.8. The summed E-state index contributed by atoms with van der Waals surface area (Å²) in [5, 5.41) is 7.37. The molecule has 0 aliphatic carbocycles. The second-order valence-electron chi connectivity index (χ2n) is 8.52. The molecule has 5 rings (SSSR count). The van der Waals surface area contributed by atoms with E-state index in [2.05, 4.69) is 10.5 Å². The fourth-order valence-corrected chi connectivity index (χ4v) is 4.25. The van der Waals surface area contributed by atoms with Crippen LogP contribution < -0.4 is 10.1 Å². The maximum absolute atomic E-state index is 13.3. The number of aromatic nitrogens is 2. The van der Waals surface area contributed by atoms with Crippen molar-refractivity contribution in [2.75, 3.05) is 7.11 Å². The lowest BCUT2D eigenvalue weighted by Crippen LogP contribution is -2.45. The number of nitrogens with one attached hydrogen (secondary N) is 1. The molecule has 35 heavy (non-hydrogen) atoms. The number of methoxy groups -OCH3 is 1. The van der Waals surface area contributed by atoms with Gasteiger partial charge in [0.2, 0.25) is 5.82 Å². The number of amides is 2. The van der Waals surface area contributed by atoms with E-state index in [1.165, 1.54) is 0 Å². The number of nitrogens with zero attached hydrogens (tertiary/aromatic N) is 3. The van der Waals surface area contributed by atoms with Crippen molar-refractivity contribution in [1.29, 1.82) is 0 Å². The summed E-state index contributed by atoms with van der Waals surface area (Å²) in [5.41, 5.74) is 5.42. The Hall–Kier alpha value is -4.39. The summed E-state index contributed by atoms with van der Waals surface area (Å²) in [6, 6.07) is 24.8. The minimum Gasteiger partial charge on any atom is -0.497 e. The molecule has 0 radical (unpaired) electrons. The minimum absolute atomic E-state index is 0.192. The third-order valence-corrected chi connectivity index (χ3v) is 6.17. The third-order valence-electron chi connectivity index (χ3n) is 6.17. The predicted octanol–water partition coefficient (Wildman–Crippen LogP) is 5.75. The zero-order valence-electron chi connectivity index (χ0n) is 19.9. The van der Waals surface area contributed by atoms with Gasteiger partial charge in [-0.25, -0.2) is 4.79 Å².